The second-order valence-corrected chi connectivity index (χ2v) is 5.85. The highest BCUT2D eigenvalue weighted by atomic mass is 79.9. The van der Waals surface area contributed by atoms with Gasteiger partial charge in [0, 0.05) is 12.4 Å². The van der Waals surface area contributed by atoms with Crippen molar-refractivity contribution in [2.45, 2.75) is 18.9 Å². The summed E-state index contributed by atoms with van der Waals surface area (Å²) in [5.74, 6) is 1.42. The van der Waals surface area contributed by atoms with E-state index in [1.165, 1.54) is 0 Å². The molecule has 1 aromatic heterocycles. The Morgan fingerprint density at radius 3 is 2.60 bits per heavy atom. The molecule has 108 valence electrons. The summed E-state index contributed by atoms with van der Waals surface area (Å²) in [5, 5.41) is 5.07. The molecule has 0 aliphatic carbocycles. The van der Waals surface area contributed by atoms with E-state index in [1.807, 2.05) is 36.9 Å². The maximum atomic E-state index is 5.89. The zero-order chi connectivity index (χ0) is 14.7. The number of methoxy groups -OCH3 is 1. The zero-order valence-corrected chi connectivity index (χ0v) is 14.8. The van der Waals surface area contributed by atoms with Gasteiger partial charge in [-0.3, -0.25) is 4.68 Å². The molecule has 0 saturated carbocycles. The Kier molecular flexibility index (Phi) is 5.10. The molecule has 1 heterocycles. The third kappa shape index (κ3) is 3.35. The fraction of sp³-hybridized carbons (Fsp3) is 0.357. The van der Waals surface area contributed by atoms with E-state index in [2.05, 4.69) is 37.0 Å². The van der Waals surface area contributed by atoms with E-state index in [4.69, 9.17) is 9.47 Å². The Hall–Kier alpha value is -1.01. The third-order valence-corrected chi connectivity index (χ3v) is 4.14. The van der Waals surface area contributed by atoms with Gasteiger partial charge < -0.3 is 9.47 Å². The highest BCUT2D eigenvalue weighted by Crippen LogP contribution is 2.37. The number of hydrogen-bond donors (Lipinski definition) is 0. The van der Waals surface area contributed by atoms with Gasteiger partial charge in [0.2, 0.25) is 0 Å². The van der Waals surface area contributed by atoms with Crippen molar-refractivity contribution < 1.29 is 9.47 Å². The van der Waals surface area contributed by atoms with E-state index in [0.29, 0.717) is 18.1 Å². The molecule has 1 aromatic carbocycles. The molecule has 0 unspecified atom stereocenters. The molecule has 0 aliphatic heterocycles. The minimum absolute atomic E-state index is 0.444. The van der Waals surface area contributed by atoms with Crippen LogP contribution in [-0.4, -0.2) is 16.9 Å². The molecular weight excluding hydrogens is 388 g/mol. The number of hydrogen-bond acceptors (Lipinski definition) is 3. The smallest absolute Gasteiger partial charge is 0.175 e. The van der Waals surface area contributed by atoms with Gasteiger partial charge in [0.05, 0.1) is 23.0 Å². The van der Waals surface area contributed by atoms with Gasteiger partial charge in [0.15, 0.2) is 11.5 Å². The normalized spacial score (nSPS) is 10.7. The monoisotopic (exact) mass is 402 g/mol. The topological polar surface area (TPSA) is 36.3 Å². The molecule has 0 bridgehead atoms. The minimum Gasteiger partial charge on any atom is -0.493 e. The Balaban J connectivity index is 2.22. The van der Waals surface area contributed by atoms with Gasteiger partial charge in [0.25, 0.3) is 0 Å². The molecule has 6 heteroatoms. The summed E-state index contributed by atoms with van der Waals surface area (Å²) in [7, 11) is 3.55. The first-order chi connectivity index (χ1) is 9.55. The lowest BCUT2D eigenvalue weighted by molar-refractivity contribution is 0.274. The molecular formula is C14H16Br2N2O2. The molecule has 0 aliphatic rings. The van der Waals surface area contributed by atoms with Crippen LogP contribution in [0.25, 0.3) is 0 Å². The number of aromatic nitrogens is 2. The summed E-state index contributed by atoms with van der Waals surface area (Å²) in [4.78, 5) is 0. The van der Waals surface area contributed by atoms with Gasteiger partial charge in [-0.05, 0) is 46.6 Å². The van der Waals surface area contributed by atoms with E-state index < -0.39 is 0 Å². The quantitative estimate of drug-likeness (QED) is 0.708. The standard InChI is InChI=1S/C14H16Br2N2O2/c1-9-4-11(18(2)17-9)8-20-14-12(16)5-10(7-15)6-13(14)19-3/h4-6H,7-8H2,1-3H3. The molecule has 4 nitrogen and oxygen atoms in total. The molecule has 0 N–H and O–H groups in total. The highest BCUT2D eigenvalue weighted by molar-refractivity contribution is 9.10. The van der Waals surface area contributed by atoms with Gasteiger partial charge in [0.1, 0.15) is 6.61 Å². The summed E-state index contributed by atoms with van der Waals surface area (Å²) < 4.78 is 14.0. The predicted molar refractivity (Wildman–Crippen MR) is 85.6 cm³/mol. The van der Waals surface area contributed by atoms with Crippen LogP contribution in [0.2, 0.25) is 0 Å². The van der Waals surface area contributed by atoms with Gasteiger partial charge >= 0.3 is 0 Å². The maximum Gasteiger partial charge on any atom is 0.175 e. The first kappa shape index (κ1) is 15.4. The number of nitrogens with zero attached hydrogens (tertiary/aromatic N) is 2. The Morgan fingerprint density at radius 2 is 2.05 bits per heavy atom. The van der Waals surface area contributed by atoms with Gasteiger partial charge in [-0.2, -0.15) is 5.10 Å². The largest absolute Gasteiger partial charge is 0.493 e. The number of ether oxygens (including phenoxy) is 2. The van der Waals surface area contributed by atoms with Crippen LogP contribution in [0.4, 0.5) is 0 Å². The van der Waals surface area contributed by atoms with E-state index in [9.17, 15) is 0 Å². The van der Waals surface area contributed by atoms with Crippen molar-refractivity contribution >= 4 is 31.9 Å². The molecule has 0 atom stereocenters. The van der Waals surface area contributed by atoms with Crippen molar-refractivity contribution in [2.75, 3.05) is 7.11 Å². The van der Waals surface area contributed by atoms with Crippen molar-refractivity contribution in [3.8, 4) is 11.5 Å². The Bertz CT molecular complexity index is 611. The average Bonchev–Trinajstić information content (AvgIpc) is 2.74. The van der Waals surface area contributed by atoms with Gasteiger partial charge in [-0.15, -0.1) is 0 Å². The minimum atomic E-state index is 0.444. The van der Waals surface area contributed by atoms with Gasteiger partial charge in [-0.1, -0.05) is 15.9 Å². The lowest BCUT2D eigenvalue weighted by Crippen LogP contribution is -2.04. The average molecular weight is 404 g/mol. The molecule has 2 aromatic rings. The molecule has 0 radical (unpaired) electrons. The summed E-state index contributed by atoms with van der Waals surface area (Å²) in [5.41, 5.74) is 3.12. The number of rotatable bonds is 5. The fourth-order valence-corrected chi connectivity index (χ4v) is 2.86. The van der Waals surface area contributed by atoms with Crippen LogP contribution in [0.1, 0.15) is 17.0 Å². The van der Waals surface area contributed by atoms with Crippen molar-refractivity contribution in [3.63, 3.8) is 0 Å². The summed E-state index contributed by atoms with van der Waals surface area (Å²) in [6.07, 6.45) is 0. The lowest BCUT2D eigenvalue weighted by atomic mass is 10.2. The molecule has 0 saturated heterocycles. The molecule has 20 heavy (non-hydrogen) atoms. The van der Waals surface area contributed by atoms with Crippen molar-refractivity contribution in [3.05, 3.63) is 39.6 Å². The van der Waals surface area contributed by atoms with E-state index in [-0.39, 0.29) is 0 Å². The van der Waals surface area contributed by atoms with Gasteiger partial charge in [-0.25, -0.2) is 0 Å². The Labute approximate surface area is 135 Å². The van der Waals surface area contributed by atoms with E-state index in [1.54, 1.807) is 7.11 Å². The summed E-state index contributed by atoms with van der Waals surface area (Å²) in [6, 6.07) is 5.98. The van der Waals surface area contributed by atoms with Crippen LogP contribution in [0.15, 0.2) is 22.7 Å². The second kappa shape index (κ2) is 6.63. The number of alkyl halides is 1. The summed E-state index contributed by atoms with van der Waals surface area (Å²) >= 11 is 6.97. The van der Waals surface area contributed by atoms with Crippen LogP contribution < -0.4 is 9.47 Å². The number of aryl methyl sites for hydroxylation is 2. The predicted octanol–water partition coefficient (Wildman–Crippen LogP) is 3.97. The number of benzene rings is 1. The maximum absolute atomic E-state index is 5.89. The van der Waals surface area contributed by atoms with Crippen molar-refractivity contribution in [2.24, 2.45) is 7.05 Å². The molecule has 0 amide bonds. The zero-order valence-electron chi connectivity index (χ0n) is 11.6. The first-order valence-electron chi connectivity index (χ1n) is 6.09. The fourth-order valence-electron chi connectivity index (χ4n) is 1.94. The lowest BCUT2D eigenvalue weighted by Gasteiger charge is -2.14. The SMILES string of the molecule is COc1cc(CBr)cc(Br)c1OCc1cc(C)nn1C. The van der Waals surface area contributed by atoms with Crippen molar-refractivity contribution in [1.29, 1.82) is 0 Å². The molecule has 0 spiro atoms. The molecule has 2 rings (SSSR count). The van der Waals surface area contributed by atoms with Crippen LogP contribution in [0.3, 0.4) is 0 Å². The van der Waals surface area contributed by atoms with Crippen LogP contribution in [0, 0.1) is 6.92 Å². The molecule has 0 fully saturated rings. The second-order valence-electron chi connectivity index (χ2n) is 4.43. The van der Waals surface area contributed by atoms with Crippen LogP contribution >= 0.6 is 31.9 Å². The Morgan fingerprint density at radius 1 is 1.30 bits per heavy atom. The summed E-state index contributed by atoms with van der Waals surface area (Å²) in [6.45, 7) is 2.41. The first-order valence-corrected chi connectivity index (χ1v) is 8.01. The van der Waals surface area contributed by atoms with Crippen LogP contribution in [-0.2, 0) is 19.0 Å². The highest BCUT2D eigenvalue weighted by Gasteiger charge is 2.12. The van der Waals surface area contributed by atoms with E-state index in [0.717, 1.165) is 26.8 Å². The van der Waals surface area contributed by atoms with E-state index >= 15 is 0 Å². The van der Waals surface area contributed by atoms with Crippen molar-refractivity contribution in [1.82, 2.24) is 9.78 Å². The van der Waals surface area contributed by atoms with Crippen LogP contribution in [0.5, 0.6) is 11.5 Å². The third-order valence-electron chi connectivity index (χ3n) is 2.91. The number of halogens is 2.